The molecule has 0 radical (unpaired) electrons. The van der Waals surface area contributed by atoms with Crippen molar-refractivity contribution in [3.05, 3.63) is 60.7 Å². The maximum Gasteiger partial charge on any atom is 0.156 e. The number of hydrogen-bond acceptors (Lipinski definition) is 7. The molecule has 6 heterocycles. The third-order valence-corrected chi connectivity index (χ3v) is 6.25. The van der Waals surface area contributed by atoms with Crippen molar-refractivity contribution in [1.82, 2.24) is 30.0 Å². The number of rotatable bonds is 4. The van der Waals surface area contributed by atoms with Crippen LogP contribution in [-0.2, 0) is 4.74 Å². The van der Waals surface area contributed by atoms with Crippen LogP contribution in [0.2, 0.25) is 0 Å². The Morgan fingerprint density at radius 3 is 2.81 bits per heavy atom. The number of nitrogens with one attached hydrogen (secondary N) is 1. The Morgan fingerprint density at radius 2 is 1.97 bits per heavy atom. The summed E-state index contributed by atoms with van der Waals surface area (Å²) >= 11 is 0. The van der Waals surface area contributed by atoms with E-state index in [4.69, 9.17) is 9.72 Å². The fourth-order valence-corrected chi connectivity index (χ4v) is 4.36. The van der Waals surface area contributed by atoms with Crippen LogP contribution in [0.1, 0.15) is 18.4 Å². The standard InChI is InChI=1S/C24H25N7O/c1-16-13-30(6-5-26-16)23-3-2-4-24(29-23)31-22-8-21(27-11-19(22)12-28-31)18-7-17(9-25-10-18)20-14-32-15-20/h2-4,7-12,16,20,26H,5-6,13-15H2,1H3. The van der Waals surface area contributed by atoms with Crippen LogP contribution in [0.4, 0.5) is 5.82 Å². The van der Waals surface area contributed by atoms with E-state index in [1.54, 1.807) is 0 Å². The molecule has 1 atom stereocenters. The van der Waals surface area contributed by atoms with Crippen molar-refractivity contribution in [3.63, 3.8) is 0 Å². The van der Waals surface area contributed by atoms with E-state index in [0.717, 1.165) is 66.6 Å². The number of fused-ring (bicyclic) bond motifs is 1. The van der Waals surface area contributed by atoms with E-state index in [1.807, 2.05) is 41.6 Å². The summed E-state index contributed by atoms with van der Waals surface area (Å²) in [5.41, 5.74) is 4.05. The van der Waals surface area contributed by atoms with Gasteiger partial charge >= 0.3 is 0 Å². The molecule has 4 aromatic rings. The van der Waals surface area contributed by atoms with Gasteiger partial charge in [-0.05, 0) is 36.8 Å². The summed E-state index contributed by atoms with van der Waals surface area (Å²) in [6.07, 6.45) is 7.50. The molecule has 0 spiro atoms. The van der Waals surface area contributed by atoms with Crippen LogP contribution in [0, 0.1) is 0 Å². The van der Waals surface area contributed by atoms with Crippen LogP contribution in [0.5, 0.6) is 0 Å². The summed E-state index contributed by atoms with van der Waals surface area (Å²) in [6, 6.07) is 10.8. The molecule has 0 aromatic carbocycles. The SMILES string of the molecule is CC1CN(c2cccc(-n3ncc4cnc(-c5cncc(C6COC6)c5)cc43)n2)CCN1. The lowest BCUT2D eigenvalue weighted by atomic mass is 9.97. The van der Waals surface area contributed by atoms with E-state index < -0.39 is 0 Å². The molecule has 2 fully saturated rings. The molecule has 32 heavy (non-hydrogen) atoms. The summed E-state index contributed by atoms with van der Waals surface area (Å²) < 4.78 is 7.23. The zero-order chi connectivity index (χ0) is 21.5. The Hall–Kier alpha value is -3.36. The fraction of sp³-hybridized carbons (Fsp3) is 0.333. The van der Waals surface area contributed by atoms with E-state index in [1.165, 1.54) is 5.56 Å². The molecule has 8 nitrogen and oxygen atoms in total. The largest absolute Gasteiger partial charge is 0.380 e. The highest BCUT2D eigenvalue weighted by molar-refractivity contribution is 5.83. The van der Waals surface area contributed by atoms with Gasteiger partial charge < -0.3 is 15.0 Å². The molecule has 1 N–H and O–H groups in total. The van der Waals surface area contributed by atoms with Crippen LogP contribution in [0.15, 0.2) is 55.1 Å². The van der Waals surface area contributed by atoms with Crippen LogP contribution in [0.25, 0.3) is 28.0 Å². The van der Waals surface area contributed by atoms with E-state index >= 15 is 0 Å². The average Bonchev–Trinajstić information content (AvgIpc) is 3.22. The van der Waals surface area contributed by atoms with E-state index in [-0.39, 0.29) is 0 Å². The molecule has 1 unspecified atom stereocenters. The summed E-state index contributed by atoms with van der Waals surface area (Å²) in [7, 11) is 0. The Bertz CT molecular complexity index is 1270. The Morgan fingerprint density at radius 1 is 1.06 bits per heavy atom. The first-order chi connectivity index (χ1) is 15.7. The van der Waals surface area contributed by atoms with Crippen LogP contribution < -0.4 is 10.2 Å². The lowest BCUT2D eigenvalue weighted by molar-refractivity contribution is 0.00831. The van der Waals surface area contributed by atoms with Gasteiger partial charge in [-0.15, -0.1) is 0 Å². The third kappa shape index (κ3) is 3.51. The molecular formula is C24H25N7O. The van der Waals surface area contributed by atoms with Gasteiger partial charge in [-0.3, -0.25) is 9.97 Å². The predicted molar refractivity (Wildman–Crippen MR) is 123 cm³/mol. The molecule has 8 heteroatoms. The first-order valence-corrected chi connectivity index (χ1v) is 11.1. The van der Waals surface area contributed by atoms with E-state index in [9.17, 15) is 0 Å². The van der Waals surface area contributed by atoms with Crippen molar-refractivity contribution in [2.24, 2.45) is 0 Å². The fourth-order valence-electron chi connectivity index (χ4n) is 4.36. The highest BCUT2D eigenvalue weighted by Crippen LogP contribution is 2.28. The van der Waals surface area contributed by atoms with Crippen LogP contribution in [-0.4, -0.2) is 63.6 Å². The van der Waals surface area contributed by atoms with Gasteiger partial charge in [0.1, 0.15) is 5.82 Å². The number of pyridine rings is 3. The van der Waals surface area contributed by atoms with Crippen molar-refractivity contribution in [2.75, 3.05) is 37.7 Å². The molecule has 2 aliphatic heterocycles. The van der Waals surface area contributed by atoms with Gasteiger partial charge in [0, 0.05) is 61.1 Å². The number of anilines is 1. The summed E-state index contributed by atoms with van der Waals surface area (Å²) in [5, 5.41) is 9.08. The van der Waals surface area contributed by atoms with Crippen LogP contribution in [0.3, 0.4) is 0 Å². The molecule has 6 rings (SSSR count). The average molecular weight is 428 g/mol. The molecule has 0 saturated carbocycles. The second kappa shape index (κ2) is 7.96. The van der Waals surface area contributed by atoms with Gasteiger partial charge in [-0.25, -0.2) is 9.67 Å². The Balaban J connectivity index is 1.36. The molecule has 162 valence electrons. The van der Waals surface area contributed by atoms with Gasteiger partial charge in [0.2, 0.25) is 0 Å². The predicted octanol–water partition coefficient (Wildman–Crippen LogP) is 2.79. The highest BCUT2D eigenvalue weighted by Gasteiger charge is 2.21. The lowest BCUT2D eigenvalue weighted by Gasteiger charge is -2.32. The maximum atomic E-state index is 5.34. The summed E-state index contributed by atoms with van der Waals surface area (Å²) in [6.45, 7) is 6.58. The minimum atomic E-state index is 0.427. The molecular weight excluding hydrogens is 402 g/mol. The first-order valence-electron chi connectivity index (χ1n) is 11.1. The molecule has 0 aliphatic carbocycles. The van der Waals surface area contributed by atoms with E-state index in [0.29, 0.717) is 12.0 Å². The van der Waals surface area contributed by atoms with Crippen molar-refractivity contribution in [2.45, 2.75) is 18.9 Å². The zero-order valence-electron chi connectivity index (χ0n) is 18.0. The molecule has 0 amide bonds. The zero-order valence-corrected chi connectivity index (χ0v) is 18.0. The minimum Gasteiger partial charge on any atom is -0.380 e. The lowest BCUT2D eigenvalue weighted by Crippen LogP contribution is -2.49. The van der Waals surface area contributed by atoms with Gasteiger partial charge in [-0.2, -0.15) is 5.10 Å². The molecule has 4 aromatic heterocycles. The first kappa shape index (κ1) is 19.3. The number of ether oxygens (including phenoxy) is 1. The van der Waals surface area contributed by atoms with Gasteiger partial charge in [0.05, 0.1) is 30.6 Å². The van der Waals surface area contributed by atoms with Crippen molar-refractivity contribution in [1.29, 1.82) is 0 Å². The van der Waals surface area contributed by atoms with E-state index in [2.05, 4.69) is 50.4 Å². The topological polar surface area (TPSA) is 81.0 Å². The van der Waals surface area contributed by atoms with Crippen molar-refractivity contribution < 1.29 is 4.74 Å². The van der Waals surface area contributed by atoms with Crippen molar-refractivity contribution >= 4 is 16.7 Å². The molecule has 2 saturated heterocycles. The van der Waals surface area contributed by atoms with Gasteiger partial charge in [0.15, 0.2) is 5.82 Å². The Kier molecular flexibility index (Phi) is 4.81. The number of aromatic nitrogens is 5. The van der Waals surface area contributed by atoms with Crippen LogP contribution >= 0.6 is 0 Å². The third-order valence-electron chi connectivity index (χ3n) is 6.25. The normalized spacial score (nSPS) is 19.3. The number of nitrogens with zero attached hydrogens (tertiary/aromatic N) is 6. The van der Waals surface area contributed by atoms with Gasteiger partial charge in [-0.1, -0.05) is 6.07 Å². The highest BCUT2D eigenvalue weighted by atomic mass is 16.5. The quantitative estimate of drug-likeness (QED) is 0.536. The summed E-state index contributed by atoms with van der Waals surface area (Å²) in [5.74, 6) is 2.21. The molecule has 2 aliphatic rings. The monoisotopic (exact) mass is 427 g/mol. The second-order valence-corrected chi connectivity index (χ2v) is 8.58. The number of piperazine rings is 1. The molecule has 0 bridgehead atoms. The second-order valence-electron chi connectivity index (χ2n) is 8.58. The summed E-state index contributed by atoms with van der Waals surface area (Å²) in [4.78, 5) is 16.4. The van der Waals surface area contributed by atoms with Gasteiger partial charge in [0.25, 0.3) is 0 Å². The number of hydrogen-bond donors (Lipinski definition) is 1. The Labute approximate surface area is 186 Å². The van der Waals surface area contributed by atoms with Crippen molar-refractivity contribution in [3.8, 4) is 17.1 Å². The minimum absolute atomic E-state index is 0.427. The maximum absolute atomic E-state index is 5.34. The smallest absolute Gasteiger partial charge is 0.156 e.